The predicted molar refractivity (Wildman–Crippen MR) is 99.4 cm³/mol. The van der Waals surface area contributed by atoms with Gasteiger partial charge in [-0.2, -0.15) is 0 Å². The average molecular weight is 347 g/mol. The third kappa shape index (κ3) is 3.66. The molecule has 4 nitrogen and oxygen atoms in total. The van der Waals surface area contributed by atoms with Crippen LogP contribution in [0, 0.1) is 0 Å². The van der Waals surface area contributed by atoms with E-state index in [1.165, 1.54) is 24.8 Å². The molecule has 1 fully saturated rings. The zero-order valence-electron chi connectivity index (χ0n) is 14.3. The van der Waals surface area contributed by atoms with E-state index in [0.717, 1.165) is 36.7 Å². The first-order chi connectivity index (χ1) is 11.8. The lowest BCUT2D eigenvalue weighted by atomic mass is 9.72. The van der Waals surface area contributed by atoms with Gasteiger partial charge >= 0.3 is 0 Å². The maximum Gasteiger partial charge on any atom is 0.106 e. The number of hydrogen-bond acceptors (Lipinski definition) is 3. The fourth-order valence-corrected chi connectivity index (χ4v) is 4.30. The smallest absolute Gasteiger partial charge is 0.106 e. The molecular formula is C19H27ClN4. The van der Waals surface area contributed by atoms with Gasteiger partial charge in [0.2, 0.25) is 0 Å². The summed E-state index contributed by atoms with van der Waals surface area (Å²) in [7, 11) is 2.06. The summed E-state index contributed by atoms with van der Waals surface area (Å²) in [5, 5.41) is 8.26. The number of nitrogens with one attached hydrogen (secondary N) is 3. The van der Waals surface area contributed by atoms with Crippen LogP contribution < -0.4 is 10.6 Å². The molecule has 2 unspecified atom stereocenters. The number of hydrogen-bond donors (Lipinski definition) is 3. The normalized spacial score (nSPS) is 24.2. The van der Waals surface area contributed by atoms with Crippen molar-refractivity contribution in [2.24, 2.45) is 0 Å². The quantitative estimate of drug-likeness (QED) is 0.671. The second-order valence-electron chi connectivity index (χ2n) is 6.59. The summed E-state index contributed by atoms with van der Waals surface area (Å²) in [6.45, 7) is 0.985. The standard InChI is InChI=1S/C19H27ClN4/c1-21-19(15-7-2-3-8-16(15)20)11-5-4-9-17(19)22-12-6-10-18-23-13-14-24-18/h2-3,7-8,13-14,17,21-22H,4-6,9-12H2,1H3,(H,23,24). The third-order valence-electron chi connectivity index (χ3n) is 5.25. The highest BCUT2D eigenvalue weighted by Crippen LogP contribution is 2.40. The Bertz CT molecular complexity index is 628. The molecule has 1 aromatic heterocycles. The molecule has 1 aliphatic carbocycles. The zero-order valence-corrected chi connectivity index (χ0v) is 15.1. The minimum atomic E-state index is -0.0821. The van der Waals surface area contributed by atoms with Crippen LogP contribution in [0.4, 0.5) is 0 Å². The lowest BCUT2D eigenvalue weighted by molar-refractivity contribution is 0.178. The zero-order chi connectivity index (χ0) is 16.8. The Morgan fingerprint density at radius 3 is 2.96 bits per heavy atom. The molecule has 2 atom stereocenters. The molecule has 1 aromatic carbocycles. The fraction of sp³-hybridized carbons (Fsp3) is 0.526. The van der Waals surface area contributed by atoms with Gasteiger partial charge in [-0.15, -0.1) is 0 Å². The van der Waals surface area contributed by atoms with E-state index in [1.54, 1.807) is 0 Å². The highest BCUT2D eigenvalue weighted by Gasteiger charge is 2.41. The van der Waals surface area contributed by atoms with Crippen LogP contribution in [-0.4, -0.2) is 29.6 Å². The number of nitrogens with zero attached hydrogens (tertiary/aromatic N) is 1. The third-order valence-corrected chi connectivity index (χ3v) is 5.57. The van der Waals surface area contributed by atoms with E-state index in [9.17, 15) is 0 Å². The SMILES string of the molecule is CNC1(c2ccccc2Cl)CCCCC1NCCCc1ncc[nH]1. The largest absolute Gasteiger partial charge is 0.349 e. The predicted octanol–water partition coefficient (Wildman–Crippen LogP) is 3.64. The topological polar surface area (TPSA) is 52.7 Å². The maximum absolute atomic E-state index is 6.54. The van der Waals surface area contributed by atoms with Gasteiger partial charge in [0.1, 0.15) is 5.82 Å². The summed E-state index contributed by atoms with van der Waals surface area (Å²) in [6.07, 6.45) is 10.5. The van der Waals surface area contributed by atoms with Crippen molar-refractivity contribution in [3.8, 4) is 0 Å². The Morgan fingerprint density at radius 1 is 1.33 bits per heavy atom. The number of likely N-dealkylation sites (N-methyl/N-ethyl adjacent to an activating group) is 1. The Balaban J connectivity index is 1.68. The fourth-order valence-electron chi connectivity index (χ4n) is 4.00. The van der Waals surface area contributed by atoms with Crippen LogP contribution >= 0.6 is 11.6 Å². The van der Waals surface area contributed by atoms with E-state index in [4.69, 9.17) is 11.6 Å². The molecule has 0 amide bonds. The lowest BCUT2D eigenvalue weighted by Gasteiger charge is -2.45. The second kappa shape index (κ2) is 8.15. The van der Waals surface area contributed by atoms with E-state index in [1.807, 2.05) is 24.5 Å². The number of benzene rings is 1. The minimum absolute atomic E-state index is 0.0821. The van der Waals surface area contributed by atoms with E-state index < -0.39 is 0 Å². The van der Waals surface area contributed by atoms with Crippen LogP contribution in [0.25, 0.3) is 0 Å². The van der Waals surface area contributed by atoms with Crippen molar-refractivity contribution in [3.05, 3.63) is 53.1 Å². The van der Waals surface area contributed by atoms with Crippen LogP contribution in [0.15, 0.2) is 36.7 Å². The molecular weight excluding hydrogens is 320 g/mol. The summed E-state index contributed by atoms with van der Waals surface area (Å²) >= 11 is 6.54. The number of halogens is 1. The van der Waals surface area contributed by atoms with Crippen molar-refractivity contribution in [2.45, 2.75) is 50.1 Å². The number of imidazole rings is 1. The van der Waals surface area contributed by atoms with Crippen molar-refractivity contribution in [2.75, 3.05) is 13.6 Å². The average Bonchev–Trinajstić information content (AvgIpc) is 3.13. The van der Waals surface area contributed by atoms with Gasteiger partial charge in [-0.1, -0.05) is 42.6 Å². The van der Waals surface area contributed by atoms with Gasteiger partial charge in [0.05, 0.1) is 5.54 Å². The second-order valence-corrected chi connectivity index (χ2v) is 7.00. The molecule has 1 saturated carbocycles. The number of aryl methyl sites for hydroxylation is 1. The van der Waals surface area contributed by atoms with Gasteiger partial charge in [-0.05, 0) is 44.5 Å². The van der Waals surface area contributed by atoms with Crippen molar-refractivity contribution in [3.63, 3.8) is 0 Å². The lowest BCUT2D eigenvalue weighted by Crippen LogP contribution is -2.58. The molecule has 0 spiro atoms. The first kappa shape index (κ1) is 17.5. The summed E-state index contributed by atoms with van der Waals surface area (Å²) < 4.78 is 0. The molecule has 3 N–H and O–H groups in total. The molecule has 2 aromatic rings. The highest BCUT2D eigenvalue weighted by atomic mass is 35.5. The molecule has 130 valence electrons. The molecule has 1 heterocycles. The van der Waals surface area contributed by atoms with Crippen LogP contribution in [0.3, 0.4) is 0 Å². The summed E-state index contributed by atoms with van der Waals surface area (Å²) in [5.41, 5.74) is 1.14. The van der Waals surface area contributed by atoms with E-state index in [0.29, 0.717) is 6.04 Å². The van der Waals surface area contributed by atoms with Crippen molar-refractivity contribution in [1.82, 2.24) is 20.6 Å². The van der Waals surface area contributed by atoms with E-state index in [2.05, 4.69) is 39.8 Å². The Morgan fingerprint density at radius 2 is 2.21 bits per heavy atom. The number of aromatic amines is 1. The van der Waals surface area contributed by atoms with Gasteiger partial charge in [0.25, 0.3) is 0 Å². The number of aromatic nitrogens is 2. The van der Waals surface area contributed by atoms with Crippen molar-refractivity contribution >= 4 is 11.6 Å². The highest BCUT2D eigenvalue weighted by molar-refractivity contribution is 6.31. The Labute approximate surface area is 149 Å². The van der Waals surface area contributed by atoms with E-state index >= 15 is 0 Å². The van der Waals surface area contributed by atoms with Gasteiger partial charge < -0.3 is 15.6 Å². The Kier molecular flexibility index (Phi) is 5.93. The first-order valence-electron chi connectivity index (χ1n) is 8.92. The van der Waals surface area contributed by atoms with Gasteiger partial charge in [-0.3, -0.25) is 0 Å². The van der Waals surface area contributed by atoms with Crippen LogP contribution in [0.5, 0.6) is 0 Å². The molecule has 0 bridgehead atoms. The summed E-state index contributed by atoms with van der Waals surface area (Å²) in [6, 6.07) is 8.65. The van der Waals surface area contributed by atoms with E-state index in [-0.39, 0.29) is 5.54 Å². The number of H-pyrrole nitrogens is 1. The molecule has 3 rings (SSSR count). The van der Waals surface area contributed by atoms with Crippen molar-refractivity contribution in [1.29, 1.82) is 0 Å². The maximum atomic E-state index is 6.54. The van der Waals surface area contributed by atoms with Gasteiger partial charge in [0, 0.05) is 29.9 Å². The van der Waals surface area contributed by atoms with Crippen LogP contribution in [0.1, 0.15) is 43.5 Å². The van der Waals surface area contributed by atoms with Crippen LogP contribution in [0.2, 0.25) is 5.02 Å². The van der Waals surface area contributed by atoms with Gasteiger partial charge in [-0.25, -0.2) is 4.98 Å². The van der Waals surface area contributed by atoms with Crippen molar-refractivity contribution < 1.29 is 0 Å². The molecule has 5 heteroatoms. The number of rotatable bonds is 7. The molecule has 0 aliphatic heterocycles. The Hall–Kier alpha value is -1.36. The first-order valence-corrected chi connectivity index (χ1v) is 9.29. The molecule has 1 aliphatic rings. The molecule has 0 saturated heterocycles. The molecule has 0 radical (unpaired) electrons. The molecule has 24 heavy (non-hydrogen) atoms. The minimum Gasteiger partial charge on any atom is -0.349 e. The monoisotopic (exact) mass is 346 g/mol. The van der Waals surface area contributed by atoms with Crippen LogP contribution in [-0.2, 0) is 12.0 Å². The summed E-state index contributed by atoms with van der Waals surface area (Å²) in [4.78, 5) is 7.46. The summed E-state index contributed by atoms with van der Waals surface area (Å²) in [5.74, 6) is 1.06. The van der Waals surface area contributed by atoms with Gasteiger partial charge in [0.15, 0.2) is 0 Å².